The molecule has 3 aromatic rings. The van der Waals surface area contributed by atoms with Crippen molar-refractivity contribution < 1.29 is 16.8 Å². The minimum Gasteiger partial charge on any atom is -0.308 e. The number of aromatic nitrogens is 2. The molecule has 1 unspecified atom stereocenters. The first-order valence-corrected chi connectivity index (χ1v) is 14.3. The maximum absolute atomic E-state index is 13.0. The molecule has 33 heavy (non-hydrogen) atoms. The van der Waals surface area contributed by atoms with E-state index in [1.807, 2.05) is 0 Å². The first kappa shape index (κ1) is 23.9. The summed E-state index contributed by atoms with van der Waals surface area (Å²) in [5.74, 6) is -1.33. The van der Waals surface area contributed by atoms with E-state index in [0.29, 0.717) is 22.3 Å². The number of sulfonamides is 1. The van der Waals surface area contributed by atoms with Gasteiger partial charge >= 0.3 is 0 Å². The highest BCUT2D eigenvalue weighted by atomic mass is 35.5. The second-order valence-corrected chi connectivity index (χ2v) is 12.8. The molecule has 2 aromatic carbocycles. The maximum atomic E-state index is 13.0. The number of benzene rings is 2. The molecule has 0 bridgehead atoms. The number of anilines is 1. The van der Waals surface area contributed by atoms with Gasteiger partial charge < -0.3 is 5.43 Å². The Morgan fingerprint density at radius 3 is 2.12 bits per heavy atom. The molecule has 0 saturated heterocycles. The summed E-state index contributed by atoms with van der Waals surface area (Å²) in [5.41, 5.74) is 3.86. The zero-order valence-corrected chi connectivity index (χ0v) is 20.7. The van der Waals surface area contributed by atoms with Gasteiger partial charge in [0, 0.05) is 22.3 Å². The van der Waals surface area contributed by atoms with Crippen LogP contribution >= 0.6 is 34.5 Å². The van der Waals surface area contributed by atoms with Gasteiger partial charge in [0.05, 0.1) is 5.92 Å². The first-order valence-electron chi connectivity index (χ1n) is 9.47. The van der Waals surface area contributed by atoms with Crippen molar-refractivity contribution >= 4 is 65.1 Å². The summed E-state index contributed by atoms with van der Waals surface area (Å²) in [6, 6.07) is 13.1. The summed E-state index contributed by atoms with van der Waals surface area (Å²) < 4.78 is 53.3. The third-order valence-corrected chi connectivity index (χ3v) is 9.29. The third kappa shape index (κ3) is 6.01. The van der Waals surface area contributed by atoms with Gasteiger partial charge in [-0.25, -0.2) is 16.8 Å². The zero-order valence-electron chi connectivity index (χ0n) is 16.8. The summed E-state index contributed by atoms with van der Waals surface area (Å²) in [7, 11) is -7.59. The Hall–Kier alpha value is -2.25. The Morgan fingerprint density at radius 2 is 1.48 bits per heavy atom. The quantitative estimate of drug-likeness (QED) is 0.465. The van der Waals surface area contributed by atoms with Gasteiger partial charge in [-0.05, 0) is 42.0 Å². The second-order valence-electron chi connectivity index (χ2n) is 7.13. The van der Waals surface area contributed by atoms with E-state index in [2.05, 4.69) is 25.4 Å². The van der Waals surface area contributed by atoms with Gasteiger partial charge in [0.15, 0.2) is 5.04 Å². The van der Waals surface area contributed by atoms with E-state index < -0.39 is 37.3 Å². The molecule has 4 rings (SSSR count). The lowest BCUT2D eigenvalue weighted by atomic mass is 10.0. The molecule has 0 saturated carbocycles. The van der Waals surface area contributed by atoms with Gasteiger partial charge in [-0.2, -0.15) is 5.10 Å². The second kappa shape index (κ2) is 9.55. The molecule has 0 fully saturated rings. The number of hydrogen-bond acceptors (Lipinski definition) is 9. The highest BCUT2D eigenvalue weighted by Crippen LogP contribution is 2.27. The van der Waals surface area contributed by atoms with Crippen molar-refractivity contribution in [2.75, 3.05) is 11.3 Å². The van der Waals surface area contributed by atoms with E-state index in [1.54, 1.807) is 36.4 Å². The maximum Gasteiger partial charge on any atom is 0.239 e. The number of nitrogens with one attached hydrogen (secondary N) is 2. The highest BCUT2D eigenvalue weighted by molar-refractivity contribution is 8.06. The summed E-state index contributed by atoms with van der Waals surface area (Å²) in [5, 5.41) is 13.1. The number of hydrazone groups is 1. The molecular formula is C19H17Cl2N5O4S3. The van der Waals surface area contributed by atoms with Crippen LogP contribution in [0.5, 0.6) is 0 Å². The van der Waals surface area contributed by atoms with Crippen molar-refractivity contribution in [2.45, 2.75) is 17.4 Å². The lowest BCUT2D eigenvalue weighted by Gasteiger charge is -2.12. The Bertz CT molecular complexity index is 1390. The van der Waals surface area contributed by atoms with E-state index in [-0.39, 0.29) is 15.1 Å². The first-order chi connectivity index (χ1) is 15.6. The van der Waals surface area contributed by atoms with E-state index in [4.69, 9.17) is 23.2 Å². The minimum atomic E-state index is -3.82. The van der Waals surface area contributed by atoms with Gasteiger partial charge in [-0.3, -0.25) is 4.72 Å². The fourth-order valence-electron chi connectivity index (χ4n) is 3.16. The van der Waals surface area contributed by atoms with E-state index >= 15 is 0 Å². The molecule has 1 aliphatic heterocycles. The van der Waals surface area contributed by atoms with Crippen LogP contribution in [-0.4, -0.2) is 38.6 Å². The van der Waals surface area contributed by atoms with Crippen molar-refractivity contribution in [2.24, 2.45) is 5.10 Å². The molecule has 174 valence electrons. The van der Waals surface area contributed by atoms with Crippen LogP contribution in [-0.2, 0) is 31.4 Å². The van der Waals surface area contributed by atoms with Crippen molar-refractivity contribution in [1.82, 2.24) is 15.6 Å². The van der Waals surface area contributed by atoms with Crippen LogP contribution in [0.4, 0.5) is 5.69 Å². The van der Waals surface area contributed by atoms with Gasteiger partial charge in [-0.1, -0.05) is 46.7 Å². The Labute approximate surface area is 204 Å². The molecule has 0 radical (unpaired) electrons. The lowest BCUT2D eigenvalue weighted by molar-refractivity contribution is 0.599. The predicted octanol–water partition coefficient (Wildman–Crippen LogP) is 3.40. The number of hydrogen-bond donors (Lipinski definition) is 2. The number of rotatable bonds is 7. The van der Waals surface area contributed by atoms with Crippen LogP contribution in [0, 0.1) is 0 Å². The zero-order chi connectivity index (χ0) is 23.6. The van der Waals surface area contributed by atoms with Crippen molar-refractivity contribution in [1.29, 1.82) is 0 Å². The molecule has 1 aliphatic rings. The Morgan fingerprint density at radius 1 is 0.909 bits per heavy atom. The van der Waals surface area contributed by atoms with E-state index in [9.17, 15) is 16.8 Å². The average Bonchev–Trinajstić information content (AvgIpc) is 3.40. The largest absolute Gasteiger partial charge is 0.308 e. The van der Waals surface area contributed by atoms with Crippen molar-refractivity contribution in [3.8, 4) is 0 Å². The molecule has 2 N–H and O–H groups in total. The van der Waals surface area contributed by atoms with Crippen LogP contribution in [0.3, 0.4) is 0 Å². The fourth-order valence-corrected chi connectivity index (χ4v) is 7.59. The lowest BCUT2D eigenvalue weighted by Crippen LogP contribution is -2.23. The SMILES string of the molecule is O=S(=O)(Cc1nnc(CS(=O)(=O)C2=NNCC2c2ccc(Cl)cc2)s1)Nc1ccc(Cl)cc1. The Balaban J connectivity index is 1.45. The average molecular weight is 546 g/mol. The summed E-state index contributed by atoms with van der Waals surface area (Å²) in [4.78, 5) is 0. The van der Waals surface area contributed by atoms with Gasteiger partial charge in [0.25, 0.3) is 0 Å². The standard InChI is InChI=1S/C19H17Cl2N5O4S3/c20-13-3-1-12(2-4-13)16-9-22-25-19(16)32(27,28)10-17-23-24-18(31-17)11-33(29,30)26-15-7-5-14(21)6-8-15/h1-8,16,22,26H,9-11H2. The number of nitrogens with zero attached hydrogens (tertiary/aromatic N) is 3. The predicted molar refractivity (Wildman–Crippen MR) is 130 cm³/mol. The smallest absolute Gasteiger partial charge is 0.239 e. The normalized spacial score (nSPS) is 16.3. The number of halogens is 2. The van der Waals surface area contributed by atoms with Gasteiger partial charge in [-0.15, -0.1) is 10.2 Å². The molecular weight excluding hydrogens is 529 g/mol. The molecule has 1 aromatic heterocycles. The molecule has 1 atom stereocenters. The molecule has 0 aliphatic carbocycles. The fraction of sp³-hybridized carbons (Fsp3) is 0.211. The summed E-state index contributed by atoms with van der Waals surface area (Å²) >= 11 is 12.6. The molecule has 0 amide bonds. The van der Waals surface area contributed by atoms with Crippen LogP contribution < -0.4 is 10.1 Å². The highest BCUT2D eigenvalue weighted by Gasteiger charge is 2.34. The number of sulfone groups is 1. The molecule has 2 heterocycles. The van der Waals surface area contributed by atoms with Crippen LogP contribution in [0.2, 0.25) is 10.0 Å². The topological polar surface area (TPSA) is 130 Å². The monoisotopic (exact) mass is 545 g/mol. The molecule has 9 nitrogen and oxygen atoms in total. The molecule has 0 spiro atoms. The van der Waals surface area contributed by atoms with Crippen LogP contribution in [0.1, 0.15) is 21.5 Å². The van der Waals surface area contributed by atoms with E-state index in [1.165, 1.54) is 12.1 Å². The summed E-state index contributed by atoms with van der Waals surface area (Å²) in [6.07, 6.45) is 0. The van der Waals surface area contributed by atoms with Crippen molar-refractivity contribution in [3.63, 3.8) is 0 Å². The Kier molecular flexibility index (Phi) is 6.91. The van der Waals surface area contributed by atoms with E-state index in [0.717, 1.165) is 16.9 Å². The summed E-state index contributed by atoms with van der Waals surface area (Å²) in [6.45, 7) is 0.339. The van der Waals surface area contributed by atoms with Gasteiger partial charge in [0.2, 0.25) is 19.9 Å². The van der Waals surface area contributed by atoms with Crippen LogP contribution in [0.25, 0.3) is 0 Å². The third-order valence-electron chi connectivity index (χ3n) is 4.63. The van der Waals surface area contributed by atoms with Crippen LogP contribution in [0.15, 0.2) is 53.6 Å². The van der Waals surface area contributed by atoms with Gasteiger partial charge in [0.1, 0.15) is 21.5 Å². The van der Waals surface area contributed by atoms with Crippen molar-refractivity contribution in [3.05, 3.63) is 74.2 Å². The molecule has 14 heteroatoms. The minimum absolute atomic E-state index is 0.00130.